The highest BCUT2D eigenvalue weighted by atomic mass is 79.9. The molecule has 0 saturated heterocycles. The minimum Gasteiger partial charge on any atom is -0.329 e. The van der Waals surface area contributed by atoms with Gasteiger partial charge < -0.3 is 4.57 Å². The zero-order chi connectivity index (χ0) is 11.7. The lowest BCUT2D eigenvalue weighted by Crippen LogP contribution is -2.01. The third-order valence-corrected chi connectivity index (χ3v) is 3.66. The third kappa shape index (κ3) is 2.67. The molecule has 1 aromatic heterocycles. The van der Waals surface area contributed by atoms with E-state index in [1.165, 1.54) is 5.56 Å². The molecular weight excluding hydrogens is 355 g/mol. The molecular formula is C11H9Br2ClN2. The van der Waals surface area contributed by atoms with Gasteiger partial charge in [0, 0.05) is 22.2 Å². The van der Waals surface area contributed by atoms with E-state index < -0.39 is 0 Å². The van der Waals surface area contributed by atoms with Crippen LogP contribution < -0.4 is 0 Å². The van der Waals surface area contributed by atoms with E-state index in [1.807, 2.05) is 31.3 Å². The molecule has 16 heavy (non-hydrogen) atoms. The molecule has 0 amide bonds. The number of imidazole rings is 1. The van der Waals surface area contributed by atoms with E-state index in [-0.39, 0.29) is 0 Å². The van der Waals surface area contributed by atoms with Crippen molar-refractivity contribution in [2.45, 2.75) is 13.5 Å². The summed E-state index contributed by atoms with van der Waals surface area (Å²) in [6, 6.07) is 5.81. The molecule has 0 N–H and O–H groups in total. The molecule has 0 aliphatic heterocycles. The Hall–Kier alpha value is -0.320. The average Bonchev–Trinajstić information content (AvgIpc) is 2.50. The molecule has 1 heterocycles. The Morgan fingerprint density at radius 3 is 2.69 bits per heavy atom. The molecule has 0 saturated carbocycles. The van der Waals surface area contributed by atoms with Crippen molar-refractivity contribution in [3.05, 3.63) is 49.9 Å². The second-order valence-corrected chi connectivity index (χ2v) is 5.58. The van der Waals surface area contributed by atoms with Gasteiger partial charge in [0.1, 0.15) is 10.4 Å². The first-order chi connectivity index (χ1) is 7.56. The summed E-state index contributed by atoms with van der Waals surface area (Å²) in [6.07, 6.45) is 1.97. The highest BCUT2D eigenvalue weighted by Gasteiger charge is 2.05. The summed E-state index contributed by atoms with van der Waals surface area (Å²) in [7, 11) is 0. The molecule has 0 unspecified atom stereocenters. The monoisotopic (exact) mass is 362 g/mol. The largest absolute Gasteiger partial charge is 0.329 e. The number of aryl methyl sites for hydroxylation is 1. The molecule has 0 atom stereocenters. The highest BCUT2D eigenvalue weighted by Crippen LogP contribution is 2.23. The minimum absolute atomic E-state index is 0.735. The van der Waals surface area contributed by atoms with Crippen LogP contribution >= 0.6 is 43.5 Å². The number of hydrogen-bond acceptors (Lipinski definition) is 1. The van der Waals surface area contributed by atoms with Crippen LogP contribution in [0.4, 0.5) is 0 Å². The maximum absolute atomic E-state index is 5.90. The van der Waals surface area contributed by atoms with Gasteiger partial charge >= 0.3 is 0 Å². The first-order valence-corrected chi connectivity index (χ1v) is 6.66. The molecule has 0 radical (unpaired) electrons. The molecule has 0 aliphatic carbocycles. The highest BCUT2D eigenvalue weighted by molar-refractivity contribution is 9.10. The summed E-state index contributed by atoms with van der Waals surface area (Å²) >= 11 is 12.8. The van der Waals surface area contributed by atoms with Gasteiger partial charge in [-0.2, -0.15) is 0 Å². The van der Waals surface area contributed by atoms with Gasteiger partial charge in [0.25, 0.3) is 0 Å². The van der Waals surface area contributed by atoms with Gasteiger partial charge in [-0.15, -0.1) is 0 Å². The number of aromatic nitrogens is 2. The number of nitrogens with zero attached hydrogens (tertiary/aromatic N) is 2. The van der Waals surface area contributed by atoms with Gasteiger partial charge in [0.15, 0.2) is 0 Å². The fourth-order valence-electron chi connectivity index (χ4n) is 1.46. The molecule has 2 aromatic rings. The summed E-state index contributed by atoms with van der Waals surface area (Å²) in [5.41, 5.74) is 1.18. The molecule has 2 rings (SSSR count). The van der Waals surface area contributed by atoms with E-state index in [0.717, 1.165) is 26.5 Å². The topological polar surface area (TPSA) is 17.8 Å². The Bertz CT molecular complexity index is 523. The van der Waals surface area contributed by atoms with Crippen LogP contribution in [0.15, 0.2) is 33.5 Å². The smallest absolute Gasteiger partial charge is 0.124 e. The fraction of sp³-hybridized carbons (Fsp3) is 0.182. The van der Waals surface area contributed by atoms with Crippen LogP contribution in [-0.4, -0.2) is 9.55 Å². The van der Waals surface area contributed by atoms with Crippen molar-refractivity contribution in [3.63, 3.8) is 0 Å². The number of halogens is 3. The summed E-state index contributed by atoms with van der Waals surface area (Å²) < 4.78 is 3.96. The Morgan fingerprint density at radius 2 is 2.12 bits per heavy atom. The average molecular weight is 364 g/mol. The summed E-state index contributed by atoms with van der Waals surface area (Å²) in [6.45, 7) is 2.76. The Labute approximate surface area is 116 Å². The molecule has 0 fully saturated rings. The number of hydrogen-bond donors (Lipinski definition) is 0. The quantitative estimate of drug-likeness (QED) is 0.771. The fourth-order valence-corrected chi connectivity index (χ4v) is 2.78. The molecule has 84 valence electrons. The van der Waals surface area contributed by atoms with Crippen LogP contribution in [0.1, 0.15) is 11.4 Å². The molecule has 5 heteroatoms. The van der Waals surface area contributed by atoms with Crippen molar-refractivity contribution >= 4 is 43.5 Å². The third-order valence-electron chi connectivity index (χ3n) is 2.30. The zero-order valence-electron chi connectivity index (χ0n) is 8.54. The van der Waals surface area contributed by atoms with E-state index >= 15 is 0 Å². The van der Waals surface area contributed by atoms with Crippen LogP contribution in [0.5, 0.6) is 0 Å². The second-order valence-electron chi connectivity index (χ2n) is 3.47. The van der Waals surface area contributed by atoms with Gasteiger partial charge in [0.05, 0.1) is 0 Å². The molecule has 0 aliphatic rings. The summed E-state index contributed by atoms with van der Waals surface area (Å²) in [5.74, 6) is 0.980. The van der Waals surface area contributed by atoms with Crippen LogP contribution in [0.3, 0.4) is 0 Å². The van der Waals surface area contributed by atoms with E-state index in [1.54, 1.807) is 0 Å². The van der Waals surface area contributed by atoms with Gasteiger partial charge in [-0.3, -0.25) is 0 Å². The molecule has 0 spiro atoms. The van der Waals surface area contributed by atoms with E-state index in [2.05, 4.69) is 41.4 Å². The standard InChI is InChI=1S/C11H9Br2ClN2/c1-7-15-11(13)6-16(7)5-8-2-3-9(14)4-10(8)12/h2-4,6H,5H2,1H3. The normalized spacial score (nSPS) is 10.8. The SMILES string of the molecule is Cc1nc(Br)cn1Cc1ccc(Cl)cc1Br. The van der Waals surface area contributed by atoms with E-state index in [9.17, 15) is 0 Å². The zero-order valence-corrected chi connectivity index (χ0v) is 12.5. The second kappa shape index (κ2) is 4.90. The van der Waals surface area contributed by atoms with Crippen molar-refractivity contribution in [3.8, 4) is 0 Å². The summed E-state index contributed by atoms with van der Waals surface area (Å²) in [4.78, 5) is 4.29. The van der Waals surface area contributed by atoms with Crippen LogP contribution in [-0.2, 0) is 6.54 Å². The maximum atomic E-state index is 5.90. The lowest BCUT2D eigenvalue weighted by Gasteiger charge is -2.07. The van der Waals surface area contributed by atoms with Gasteiger partial charge in [-0.1, -0.05) is 33.6 Å². The van der Waals surface area contributed by atoms with Gasteiger partial charge in [-0.25, -0.2) is 4.98 Å². The number of benzene rings is 1. The first-order valence-electron chi connectivity index (χ1n) is 4.69. The van der Waals surface area contributed by atoms with Crippen LogP contribution in [0.2, 0.25) is 5.02 Å². The lowest BCUT2D eigenvalue weighted by atomic mass is 10.2. The lowest BCUT2D eigenvalue weighted by molar-refractivity contribution is 0.759. The van der Waals surface area contributed by atoms with Crippen molar-refractivity contribution in [2.75, 3.05) is 0 Å². The van der Waals surface area contributed by atoms with Crippen molar-refractivity contribution < 1.29 is 0 Å². The minimum atomic E-state index is 0.735. The molecule has 2 nitrogen and oxygen atoms in total. The van der Waals surface area contributed by atoms with Crippen LogP contribution in [0.25, 0.3) is 0 Å². The Balaban J connectivity index is 2.30. The Kier molecular flexibility index (Phi) is 3.72. The van der Waals surface area contributed by atoms with Crippen molar-refractivity contribution in [1.29, 1.82) is 0 Å². The van der Waals surface area contributed by atoms with Crippen molar-refractivity contribution in [2.24, 2.45) is 0 Å². The van der Waals surface area contributed by atoms with Crippen LogP contribution in [0, 0.1) is 6.92 Å². The predicted octanol–water partition coefficient (Wildman–Crippen LogP) is 4.42. The van der Waals surface area contributed by atoms with Crippen molar-refractivity contribution in [1.82, 2.24) is 9.55 Å². The van der Waals surface area contributed by atoms with E-state index in [0.29, 0.717) is 0 Å². The first kappa shape index (κ1) is 12.1. The van der Waals surface area contributed by atoms with Gasteiger partial charge in [0.2, 0.25) is 0 Å². The maximum Gasteiger partial charge on any atom is 0.124 e. The summed E-state index contributed by atoms with van der Waals surface area (Å²) in [5, 5.41) is 0.735. The molecule has 0 bridgehead atoms. The Morgan fingerprint density at radius 1 is 1.38 bits per heavy atom. The van der Waals surface area contributed by atoms with Gasteiger partial charge in [-0.05, 0) is 40.5 Å². The number of rotatable bonds is 2. The predicted molar refractivity (Wildman–Crippen MR) is 72.9 cm³/mol. The van der Waals surface area contributed by atoms with E-state index in [4.69, 9.17) is 11.6 Å². The molecule has 1 aromatic carbocycles.